The molecule has 0 saturated carbocycles. The first-order valence-electron chi connectivity index (χ1n) is 7.88. The standard InChI is InChI=1S/C19H17N3O2S/c1-13-5-7-14(8-6-13)17(23)9-10-18(24)22-19-21-16(12-25-19)15-4-2-3-11-20-15/h2-8,11-12H,9-10H2,1H3,(H,21,22,24). The molecule has 0 unspecified atom stereocenters. The normalized spacial score (nSPS) is 10.4. The van der Waals surface area contributed by atoms with Crippen molar-refractivity contribution in [2.75, 3.05) is 5.32 Å². The monoisotopic (exact) mass is 351 g/mol. The highest BCUT2D eigenvalue weighted by atomic mass is 32.1. The molecule has 0 radical (unpaired) electrons. The first-order valence-corrected chi connectivity index (χ1v) is 8.76. The lowest BCUT2D eigenvalue weighted by Crippen LogP contribution is -2.13. The van der Waals surface area contributed by atoms with Gasteiger partial charge < -0.3 is 5.32 Å². The van der Waals surface area contributed by atoms with E-state index in [4.69, 9.17) is 0 Å². The lowest BCUT2D eigenvalue weighted by atomic mass is 10.1. The second-order valence-electron chi connectivity index (χ2n) is 5.59. The summed E-state index contributed by atoms with van der Waals surface area (Å²) < 4.78 is 0. The molecular formula is C19H17N3O2S. The van der Waals surface area contributed by atoms with Crippen molar-refractivity contribution in [1.29, 1.82) is 0 Å². The first-order chi connectivity index (χ1) is 12.1. The summed E-state index contributed by atoms with van der Waals surface area (Å²) in [5, 5.41) is 5.09. The Hall–Kier alpha value is -2.86. The third-order valence-corrected chi connectivity index (χ3v) is 4.39. The van der Waals surface area contributed by atoms with Crippen molar-refractivity contribution in [3.63, 3.8) is 0 Å². The predicted octanol–water partition coefficient (Wildman–Crippen LogP) is 4.12. The Labute approximate surface area is 149 Å². The quantitative estimate of drug-likeness (QED) is 0.678. The van der Waals surface area contributed by atoms with Crippen LogP contribution in [-0.4, -0.2) is 21.7 Å². The maximum absolute atomic E-state index is 12.1. The maximum Gasteiger partial charge on any atom is 0.226 e. The molecule has 1 amide bonds. The predicted molar refractivity (Wildman–Crippen MR) is 98.7 cm³/mol. The summed E-state index contributed by atoms with van der Waals surface area (Å²) in [6, 6.07) is 12.9. The van der Waals surface area contributed by atoms with Gasteiger partial charge in [-0.15, -0.1) is 11.3 Å². The van der Waals surface area contributed by atoms with Crippen LogP contribution in [0.25, 0.3) is 11.4 Å². The molecule has 126 valence electrons. The fraction of sp³-hybridized carbons (Fsp3) is 0.158. The summed E-state index contributed by atoms with van der Waals surface area (Å²) in [7, 11) is 0. The molecule has 3 rings (SSSR count). The van der Waals surface area contributed by atoms with Gasteiger partial charge in [0.15, 0.2) is 10.9 Å². The number of carbonyl (C=O) groups is 2. The molecular weight excluding hydrogens is 334 g/mol. The molecule has 0 bridgehead atoms. The Bertz CT molecular complexity index is 873. The van der Waals surface area contributed by atoms with Crippen LogP contribution in [0.3, 0.4) is 0 Å². The topological polar surface area (TPSA) is 72.0 Å². The van der Waals surface area contributed by atoms with Gasteiger partial charge in [0.05, 0.1) is 5.69 Å². The number of nitrogens with one attached hydrogen (secondary N) is 1. The van der Waals surface area contributed by atoms with Crippen molar-refractivity contribution in [2.45, 2.75) is 19.8 Å². The number of aryl methyl sites for hydroxylation is 1. The molecule has 0 spiro atoms. The van der Waals surface area contributed by atoms with Crippen molar-refractivity contribution in [2.24, 2.45) is 0 Å². The van der Waals surface area contributed by atoms with E-state index in [1.54, 1.807) is 18.3 Å². The molecule has 0 aliphatic rings. The van der Waals surface area contributed by atoms with Gasteiger partial charge in [0.25, 0.3) is 0 Å². The number of thiazole rings is 1. The van der Waals surface area contributed by atoms with Crippen LogP contribution in [0.15, 0.2) is 54.0 Å². The molecule has 0 fully saturated rings. The van der Waals surface area contributed by atoms with Crippen molar-refractivity contribution >= 4 is 28.2 Å². The van der Waals surface area contributed by atoms with Crippen LogP contribution in [0.2, 0.25) is 0 Å². The van der Waals surface area contributed by atoms with E-state index in [0.717, 1.165) is 17.0 Å². The lowest BCUT2D eigenvalue weighted by Gasteiger charge is -2.02. The van der Waals surface area contributed by atoms with Crippen LogP contribution in [0.4, 0.5) is 5.13 Å². The van der Waals surface area contributed by atoms with Crippen LogP contribution in [0, 0.1) is 6.92 Å². The highest BCUT2D eigenvalue weighted by Gasteiger charge is 2.12. The van der Waals surface area contributed by atoms with Gasteiger partial charge in [-0.3, -0.25) is 14.6 Å². The molecule has 5 nitrogen and oxygen atoms in total. The fourth-order valence-corrected chi connectivity index (χ4v) is 2.98. The highest BCUT2D eigenvalue weighted by molar-refractivity contribution is 7.14. The number of Topliss-reactive ketones (excluding diaryl/α,β-unsaturated/α-hetero) is 1. The van der Waals surface area contributed by atoms with Gasteiger partial charge in [0, 0.05) is 30.0 Å². The van der Waals surface area contributed by atoms with Crippen molar-refractivity contribution in [3.05, 3.63) is 65.2 Å². The third kappa shape index (κ3) is 4.58. The Kier molecular flexibility index (Phi) is 5.30. The minimum Gasteiger partial charge on any atom is -0.302 e. The summed E-state index contributed by atoms with van der Waals surface area (Å²) in [4.78, 5) is 32.7. The maximum atomic E-state index is 12.1. The zero-order chi connectivity index (χ0) is 17.6. The second kappa shape index (κ2) is 7.81. The molecule has 3 aromatic rings. The highest BCUT2D eigenvalue weighted by Crippen LogP contribution is 2.23. The van der Waals surface area contributed by atoms with Crippen molar-refractivity contribution in [3.8, 4) is 11.4 Å². The van der Waals surface area contributed by atoms with Crippen molar-refractivity contribution < 1.29 is 9.59 Å². The summed E-state index contributed by atoms with van der Waals surface area (Å²) in [6.45, 7) is 1.97. The van der Waals surface area contributed by atoms with Gasteiger partial charge in [0.2, 0.25) is 5.91 Å². The Balaban J connectivity index is 1.54. The van der Waals surface area contributed by atoms with Gasteiger partial charge >= 0.3 is 0 Å². The van der Waals surface area contributed by atoms with E-state index < -0.39 is 0 Å². The summed E-state index contributed by atoms with van der Waals surface area (Å²) >= 11 is 1.34. The number of pyridine rings is 1. The first kappa shape index (κ1) is 17.0. The lowest BCUT2D eigenvalue weighted by molar-refractivity contribution is -0.116. The number of aromatic nitrogens is 2. The van der Waals surface area contributed by atoms with E-state index in [9.17, 15) is 9.59 Å². The molecule has 1 aromatic carbocycles. The Morgan fingerprint density at radius 1 is 1.04 bits per heavy atom. The molecule has 0 atom stereocenters. The van der Waals surface area contributed by atoms with Crippen LogP contribution in [-0.2, 0) is 4.79 Å². The molecule has 2 heterocycles. The number of hydrogen-bond acceptors (Lipinski definition) is 5. The number of hydrogen-bond donors (Lipinski definition) is 1. The average molecular weight is 351 g/mol. The third-order valence-electron chi connectivity index (χ3n) is 3.63. The van der Waals surface area contributed by atoms with Gasteiger partial charge in [0.1, 0.15) is 5.69 Å². The van der Waals surface area contributed by atoms with Gasteiger partial charge in [-0.05, 0) is 19.1 Å². The number of ketones is 1. The zero-order valence-electron chi connectivity index (χ0n) is 13.7. The minimum atomic E-state index is -0.220. The molecule has 2 aromatic heterocycles. The molecule has 25 heavy (non-hydrogen) atoms. The van der Waals surface area contributed by atoms with Gasteiger partial charge in [-0.25, -0.2) is 4.98 Å². The molecule has 1 N–H and O–H groups in total. The number of amides is 1. The molecule has 0 aliphatic carbocycles. The van der Waals surface area contributed by atoms with Gasteiger partial charge in [-0.1, -0.05) is 35.9 Å². The largest absolute Gasteiger partial charge is 0.302 e. The number of benzene rings is 1. The van der Waals surface area contributed by atoms with E-state index in [2.05, 4.69) is 15.3 Å². The molecule has 0 saturated heterocycles. The van der Waals surface area contributed by atoms with Crippen LogP contribution in [0.5, 0.6) is 0 Å². The summed E-state index contributed by atoms with van der Waals surface area (Å²) in [5.41, 5.74) is 3.21. The van der Waals surface area contributed by atoms with E-state index in [0.29, 0.717) is 10.7 Å². The van der Waals surface area contributed by atoms with E-state index in [1.165, 1.54) is 11.3 Å². The summed E-state index contributed by atoms with van der Waals surface area (Å²) in [5.74, 6) is -0.258. The van der Waals surface area contributed by atoms with E-state index >= 15 is 0 Å². The summed E-state index contributed by atoms with van der Waals surface area (Å²) in [6.07, 6.45) is 2.00. The Morgan fingerprint density at radius 2 is 1.84 bits per heavy atom. The van der Waals surface area contributed by atoms with Gasteiger partial charge in [-0.2, -0.15) is 0 Å². The number of anilines is 1. The van der Waals surface area contributed by atoms with Crippen LogP contribution in [0.1, 0.15) is 28.8 Å². The van der Waals surface area contributed by atoms with E-state index in [-0.39, 0.29) is 24.5 Å². The van der Waals surface area contributed by atoms with Crippen molar-refractivity contribution in [1.82, 2.24) is 9.97 Å². The average Bonchev–Trinajstić information content (AvgIpc) is 3.09. The zero-order valence-corrected chi connectivity index (χ0v) is 14.5. The second-order valence-corrected chi connectivity index (χ2v) is 6.45. The number of rotatable bonds is 6. The SMILES string of the molecule is Cc1ccc(C(=O)CCC(=O)Nc2nc(-c3ccccn3)cs2)cc1. The number of nitrogens with zero attached hydrogens (tertiary/aromatic N) is 2. The number of carbonyl (C=O) groups excluding carboxylic acids is 2. The van der Waals surface area contributed by atoms with Crippen LogP contribution >= 0.6 is 11.3 Å². The minimum absolute atomic E-state index is 0.0385. The fourth-order valence-electron chi connectivity index (χ4n) is 2.26. The smallest absolute Gasteiger partial charge is 0.226 e. The van der Waals surface area contributed by atoms with Crippen LogP contribution < -0.4 is 5.32 Å². The molecule has 0 aliphatic heterocycles. The van der Waals surface area contributed by atoms with E-state index in [1.807, 2.05) is 42.6 Å². The Morgan fingerprint density at radius 3 is 2.56 bits per heavy atom. The molecule has 6 heteroatoms.